The van der Waals surface area contributed by atoms with E-state index in [4.69, 9.17) is 4.74 Å². The van der Waals surface area contributed by atoms with Crippen molar-refractivity contribution < 1.29 is 9.22 Å². The molecule has 20 heavy (non-hydrogen) atoms. The van der Waals surface area contributed by atoms with Gasteiger partial charge in [-0.2, -0.15) is 0 Å². The highest BCUT2D eigenvalue weighted by Gasteiger charge is 2.43. The van der Waals surface area contributed by atoms with E-state index in [1.165, 1.54) is 49.7 Å². The van der Waals surface area contributed by atoms with Crippen LogP contribution in [0.3, 0.4) is 0 Å². The summed E-state index contributed by atoms with van der Waals surface area (Å²) in [5.74, 6) is 1.71. The Hall–Kier alpha value is -0.540. The zero-order valence-electron chi connectivity index (χ0n) is 12.4. The maximum Gasteiger partial charge on any atom is 0.133 e. The topological polar surface area (TPSA) is 9.23 Å². The SMILES string of the molecule is C[N@+]12CCCC[C@@H]1[C@@H](COc1ccccc1Br)CCC2. The third-order valence-electron chi connectivity index (χ3n) is 5.30. The number of hydrogen-bond donors (Lipinski definition) is 0. The third-order valence-corrected chi connectivity index (χ3v) is 5.95. The second-order valence-corrected chi connectivity index (χ2v) is 7.49. The van der Waals surface area contributed by atoms with Crippen LogP contribution in [0.25, 0.3) is 0 Å². The summed E-state index contributed by atoms with van der Waals surface area (Å²) in [6, 6.07) is 9.01. The lowest BCUT2D eigenvalue weighted by Gasteiger charge is -2.51. The van der Waals surface area contributed by atoms with Crippen LogP contribution in [0, 0.1) is 5.92 Å². The van der Waals surface area contributed by atoms with Crippen molar-refractivity contribution in [3.63, 3.8) is 0 Å². The van der Waals surface area contributed by atoms with Crippen molar-refractivity contribution in [3.05, 3.63) is 28.7 Å². The van der Waals surface area contributed by atoms with Crippen molar-refractivity contribution in [2.45, 2.75) is 38.1 Å². The highest BCUT2D eigenvalue weighted by atomic mass is 79.9. The molecular weight excluding hydrogens is 314 g/mol. The van der Waals surface area contributed by atoms with Crippen molar-refractivity contribution in [1.29, 1.82) is 0 Å². The van der Waals surface area contributed by atoms with Crippen LogP contribution in [0.4, 0.5) is 0 Å². The second-order valence-electron chi connectivity index (χ2n) is 6.63. The van der Waals surface area contributed by atoms with Crippen LogP contribution in [-0.4, -0.2) is 37.3 Å². The molecule has 0 unspecified atom stereocenters. The van der Waals surface area contributed by atoms with E-state index < -0.39 is 0 Å². The van der Waals surface area contributed by atoms with Gasteiger partial charge in [0.1, 0.15) is 5.75 Å². The van der Waals surface area contributed by atoms with E-state index in [2.05, 4.69) is 35.1 Å². The average molecular weight is 339 g/mol. The van der Waals surface area contributed by atoms with Gasteiger partial charge in [0.15, 0.2) is 0 Å². The lowest BCUT2D eigenvalue weighted by molar-refractivity contribution is -0.947. The predicted octanol–water partition coefficient (Wildman–Crippen LogP) is 4.24. The van der Waals surface area contributed by atoms with Crippen LogP contribution >= 0.6 is 15.9 Å². The van der Waals surface area contributed by atoms with Crippen LogP contribution in [-0.2, 0) is 0 Å². The van der Waals surface area contributed by atoms with E-state index in [-0.39, 0.29) is 0 Å². The van der Waals surface area contributed by atoms with E-state index in [0.29, 0.717) is 0 Å². The predicted molar refractivity (Wildman–Crippen MR) is 85.9 cm³/mol. The molecule has 0 spiro atoms. The Morgan fingerprint density at radius 3 is 2.80 bits per heavy atom. The van der Waals surface area contributed by atoms with Gasteiger partial charge >= 0.3 is 0 Å². The van der Waals surface area contributed by atoms with Crippen molar-refractivity contribution in [2.75, 3.05) is 26.7 Å². The number of nitrogens with zero attached hydrogens (tertiary/aromatic N) is 1. The fourth-order valence-electron chi connectivity index (χ4n) is 4.19. The molecule has 0 N–H and O–H groups in total. The molecule has 1 aromatic carbocycles. The highest BCUT2D eigenvalue weighted by molar-refractivity contribution is 9.10. The van der Waals surface area contributed by atoms with Crippen LogP contribution in [0.5, 0.6) is 5.75 Å². The minimum Gasteiger partial charge on any atom is -0.492 e. The molecule has 0 amide bonds. The first-order chi connectivity index (χ1) is 9.69. The summed E-state index contributed by atoms with van der Waals surface area (Å²) in [6.45, 7) is 3.62. The van der Waals surface area contributed by atoms with Crippen molar-refractivity contribution in [2.24, 2.45) is 5.92 Å². The first-order valence-corrected chi connectivity index (χ1v) is 8.70. The molecule has 2 fully saturated rings. The molecule has 0 bridgehead atoms. The van der Waals surface area contributed by atoms with Crippen molar-refractivity contribution in [1.82, 2.24) is 0 Å². The zero-order valence-corrected chi connectivity index (χ0v) is 13.9. The number of piperidine rings is 2. The summed E-state index contributed by atoms with van der Waals surface area (Å²) in [6.07, 6.45) is 6.90. The Balaban J connectivity index is 1.66. The summed E-state index contributed by atoms with van der Waals surface area (Å²) in [5.41, 5.74) is 0. The molecular formula is C17H25BrNO+. The van der Waals surface area contributed by atoms with E-state index in [9.17, 15) is 0 Å². The van der Waals surface area contributed by atoms with Crippen LogP contribution in [0.1, 0.15) is 32.1 Å². The Morgan fingerprint density at radius 1 is 1.15 bits per heavy atom. The van der Waals surface area contributed by atoms with Gasteiger partial charge in [0.2, 0.25) is 0 Å². The number of quaternary nitrogens is 1. The lowest BCUT2D eigenvalue weighted by atomic mass is 9.82. The Labute approximate surface area is 130 Å². The molecule has 0 radical (unpaired) electrons. The number of halogens is 1. The van der Waals surface area contributed by atoms with Gasteiger partial charge in [-0.3, -0.25) is 0 Å². The first kappa shape index (κ1) is 14.4. The standard InChI is InChI=1S/C17H25BrNO/c1-19-11-5-4-9-16(19)14(7-6-12-19)13-20-17-10-3-2-8-15(17)18/h2-3,8,10,14,16H,4-7,9,11-13H2,1H3/q+1/t14-,16-,19-/m1/s1. The lowest BCUT2D eigenvalue weighted by Crippen LogP contribution is -2.61. The molecule has 0 aliphatic carbocycles. The molecule has 2 aliphatic heterocycles. The summed E-state index contributed by atoms with van der Waals surface area (Å²) in [5, 5.41) is 0. The Bertz CT molecular complexity index is 460. The molecule has 2 heterocycles. The van der Waals surface area contributed by atoms with E-state index >= 15 is 0 Å². The van der Waals surface area contributed by atoms with Crippen LogP contribution < -0.4 is 4.74 Å². The molecule has 0 saturated carbocycles. The molecule has 2 saturated heterocycles. The van der Waals surface area contributed by atoms with Gasteiger partial charge in [0.05, 0.1) is 37.3 Å². The van der Waals surface area contributed by atoms with Crippen molar-refractivity contribution >= 4 is 15.9 Å². The van der Waals surface area contributed by atoms with Gasteiger partial charge in [-0.15, -0.1) is 0 Å². The number of fused-ring (bicyclic) bond motifs is 1. The van der Waals surface area contributed by atoms with Crippen LogP contribution in [0.15, 0.2) is 28.7 Å². The summed E-state index contributed by atoms with van der Waals surface area (Å²) < 4.78 is 8.48. The fourth-order valence-corrected chi connectivity index (χ4v) is 4.59. The molecule has 1 aromatic rings. The Kier molecular flexibility index (Phi) is 4.37. The van der Waals surface area contributed by atoms with Gasteiger partial charge < -0.3 is 9.22 Å². The molecule has 3 heteroatoms. The highest BCUT2D eigenvalue weighted by Crippen LogP contribution is 2.36. The fraction of sp³-hybridized carbons (Fsp3) is 0.647. The summed E-state index contributed by atoms with van der Waals surface area (Å²) in [7, 11) is 2.47. The molecule has 3 rings (SSSR count). The monoisotopic (exact) mass is 338 g/mol. The minimum atomic E-state index is 0.723. The molecule has 110 valence electrons. The van der Waals surface area contributed by atoms with Gasteiger partial charge in [0.25, 0.3) is 0 Å². The molecule has 2 aliphatic rings. The normalized spacial score (nSPS) is 33.5. The summed E-state index contributed by atoms with van der Waals surface area (Å²) >= 11 is 3.57. The maximum atomic E-state index is 6.11. The largest absolute Gasteiger partial charge is 0.492 e. The number of hydrogen-bond acceptors (Lipinski definition) is 1. The Morgan fingerprint density at radius 2 is 1.95 bits per heavy atom. The number of para-hydroxylation sites is 1. The maximum absolute atomic E-state index is 6.11. The number of benzene rings is 1. The van der Waals surface area contributed by atoms with E-state index in [0.717, 1.165) is 28.8 Å². The van der Waals surface area contributed by atoms with Gasteiger partial charge in [-0.25, -0.2) is 0 Å². The quantitative estimate of drug-likeness (QED) is 0.749. The van der Waals surface area contributed by atoms with Gasteiger partial charge in [-0.1, -0.05) is 12.1 Å². The second kappa shape index (κ2) is 6.07. The average Bonchev–Trinajstić information content (AvgIpc) is 2.45. The molecule has 0 aromatic heterocycles. The molecule has 2 nitrogen and oxygen atoms in total. The van der Waals surface area contributed by atoms with Crippen molar-refractivity contribution in [3.8, 4) is 5.75 Å². The third kappa shape index (κ3) is 2.89. The van der Waals surface area contributed by atoms with Gasteiger partial charge in [0, 0.05) is 12.3 Å². The van der Waals surface area contributed by atoms with E-state index in [1.807, 2.05) is 12.1 Å². The number of ether oxygens (including phenoxy) is 1. The number of rotatable bonds is 3. The molecule has 3 atom stereocenters. The smallest absolute Gasteiger partial charge is 0.133 e. The first-order valence-electron chi connectivity index (χ1n) is 7.91. The zero-order chi connectivity index (χ0) is 14.0. The van der Waals surface area contributed by atoms with E-state index in [1.54, 1.807) is 0 Å². The van der Waals surface area contributed by atoms with Gasteiger partial charge in [-0.05, 0) is 53.7 Å². The minimum absolute atomic E-state index is 0.723. The van der Waals surface area contributed by atoms with Crippen LogP contribution in [0.2, 0.25) is 0 Å². The summed E-state index contributed by atoms with van der Waals surface area (Å²) in [4.78, 5) is 0.